The standard InChI is InChI=1S/C15H32N2O3/c1-9(2)15-14(19)11(17(5)6)7-13(20-15)12(18)8-16-10(3)4/h9-16,18-19H,7-8H2,1-6H3/t11?,12?,13-,14?,15-/m0/s1. The molecule has 1 aliphatic rings. The Bertz CT molecular complexity index is 266. The molecule has 0 saturated carbocycles. The molecule has 0 radical (unpaired) electrons. The highest BCUT2D eigenvalue weighted by Crippen LogP contribution is 2.28. The Morgan fingerprint density at radius 2 is 1.85 bits per heavy atom. The lowest BCUT2D eigenvalue weighted by atomic mass is 9.87. The van der Waals surface area contributed by atoms with Gasteiger partial charge in [0.25, 0.3) is 0 Å². The minimum atomic E-state index is -0.548. The maximum absolute atomic E-state index is 10.4. The molecule has 0 amide bonds. The molecule has 5 atom stereocenters. The molecule has 0 spiro atoms. The lowest BCUT2D eigenvalue weighted by Crippen LogP contribution is -2.58. The first-order chi connectivity index (χ1) is 9.23. The van der Waals surface area contributed by atoms with E-state index in [9.17, 15) is 10.2 Å². The zero-order chi connectivity index (χ0) is 15.4. The lowest BCUT2D eigenvalue weighted by Gasteiger charge is -2.45. The lowest BCUT2D eigenvalue weighted by molar-refractivity contribution is -0.187. The van der Waals surface area contributed by atoms with Gasteiger partial charge in [0.2, 0.25) is 0 Å². The fraction of sp³-hybridized carbons (Fsp3) is 1.00. The molecule has 120 valence electrons. The minimum absolute atomic E-state index is 0.0230. The first-order valence-electron chi connectivity index (χ1n) is 7.65. The second-order valence-corrected chi connectivity index (χ2v) is 6.77. The summed E-state index contributed by atoms with van der Waals surface area (Å²) in [6, 6.07) is 0.360. The van der Waals surface area contributed by atoms with E-state index in [1.54, 1.807) is 0 Å². The van der Waals surface area contributed by atoms with Crippen LogP contribution in [0.1, 0.15) is 34.1 Å². The maximum atomic E-state index is 10.4. The van der Waals surface area contributed by atoms with Crippen molar-refractivity contribution in [2.24, 2.45) is 5.92 Å². The highest BCUT2D eigenvalue weighted by Gasteiger charge is 2.42. The van der Waals surface area contributed by atoms with E-state index in [0.717, 1.165) is 0 Å². The number of nitrogens with one attached hydrogen (secondary N) is 1. The SMILES string of the molecule is CC(C)NCC(O)[C@@H]1CC(N(C)C)C(O)[C@H](C(C)C)O1. The van der Waals surface area contributed by atoms with E-state index in [4.69, 9.17) is 4.74 Å². The normalized spacial score (nSPS) is 33.1. The molecule has 0 aliphatic carbocycles. The van der Waals surface area contributed by atoms with Crippen molar-refractivity contribution in [2.75, 3.05) is 20.6 Å². The third kappa shape index (κ3) is 4.67. The topological polar surface area (TPSA) is 65.0 Å². The van der Waals surface area contributed by atoms with Crippen molar-refractivity contribution in [1.82, 2.24) is 10.2 Å². The summed E-state index contributed by atoms with van der Waals surface area (Å²) in [4.78, 5) is 2.03. The maximum Gasteiger partial charge on any atom is 0.0959 e. The quantitative estimate of drug-likeness (QED) is 0.662. The number of aliphatic hydroxyl groups excluding tert-OH is 2. The number of nitrogens with zero attached hydrogens (tertiary/aromatic N) is 1. The second kappa shape index (κ2) is 7.71. The molecular weight excluding hydrogens is 256 g/mol. The van der Waals surface area contributed by atoms with Crippen LogP contribution < -0.4 is 5.32 Å². The van der Waals surface area contributed by atoms with Gasteiger partial charge >= 0.3 is 0 Å². The van der Waals surface area contributed by atoms with Gasteiger partial charge in [0, 0.05) is 18.6 Å². The molecule has 1 saturated heterocycles. The molecule has 0 aromatic rings. The molecule has 1 heterocycles. The monoisotopic (exact) mass is 288 g/mol. The Labute approximate surface area is 123 Å². The highest BCUT2D eigenvalue weighted by atomic mass is 16.5. The summed E-state index contributed by atoms with van der Waals surface area (Å²) in [7, 11) is 3.93. The van der Waals surface area contributed by atoms with E-state index in [-0.39, 0.29) is 24.2 Å². The van der Waals surface area contributed by atoms with E-state index >= 15 is 0 Å². The van der Waals surface area contributed by atoms with Crippen LogP contribution in [0.5, 0.6) is 0 Å². The van der Waals surface area contributed by atoms with Gasteiger partial charge in [-0.25, -0.2) is 0 Å². The van der Waals surface area contributed by atoms with E-state index in [0.29, 0.717) is 19.0 Å². The predicted molar refractivity (Wildman–Crippen MR) is 80.7 cm³/mol. The van der Waals surface area contributed by atoms with Gasteiger partial charge < -0.3 is 25.2 Å². The Hall–Kier alpha value is -0.200. The molecule has 0 aromatic heterocycles. The van der Waals surface area contributed by atoms with Crippen LogP contribution in [-0.4, -0.2) is 72.3 Å². The average molecular weight is 288 g/mol. The summed E-state index contributed by atoms with van der Waals surface area (Å²) in [6.45, 7) is 8.71. The van der Waals surface area contributed by atoms with Crippen molar-refractivity contribution < 1.29 is 14.9 Å². The molecular formula is C15H32N2O3. The number of rotatable bonds is 6. The van der Waals surface area contributed by atoms with Gasteiger partial charge in [-0.3, -0.25) is 0 Å². The molecule has 0 bridgehead atoms. The number of likely N-dealkylation sites (N-methyl/N-ethyl adjacent to an activating group) is 1. The van der Waals surface area contributed by atoms with E-state index in [1.807, 2.05) is 32.8 Å². The van der Waals surface area contributed by atoms with Crippen LogP contribution in [0.15, 0.2) is 0 Å². The largest absolute Gasteiger partial charge is 0.389 e. The molecule has 20 heavy (non-hydrogen) atoms. The number of aliphatic hydroxyl groups is 2. The molecule has 1 fully saturated rings. The molecule has 5 heteroatoms. The summed E-state index contributed by atoms with van der Waals surface area (Å²) in [5, 5.41) is 24.0. The Balaban J connectivity index is 2.71. The van der Waals surface area contributed by atoms with Crippen LogP contribution in [-0.2, 0) is 4.74 Å². The van der Waals surface area contributed by atoms with Gasteiger partial charge in [0.15, 0.2) is 0 Å². The van der Waals surface area contributed by atoms with Crippen molar-refractivity contribution in [3.63, 3.8) is 0 Å². The van der Waals surface area contributed by atoms with Crippen molar-refractivity contribution in [1.29, 1.82) is 0 Å². The number of ether oxygens (including phenoxy) is 1. The minimum Gasteiger partial charge on any atom is -0.389 e. The van der Waals surface area contributed by atoms with E-state index in [1.165, 1.54) is 0 Å². The summed E-state index contributed by atoms with van der Waals surface area (Å²) in [5.74, 6) is 0.223. The number of hydrogen-bond acceptors (Lipinski definition) is 5. The van der Waals surface area contributed by atoms with Gasteiger partial charge in [-0.2, -0.15) is 0 Å². The zero-order valence-corrected chi connectivity index (χ0v) is 13.7. The van der Waals surface area contributed by atoms with Crippen LogP contribution in [0.2, 0.25) is 0 Å². The Kier molecular flexibility index (Phi) is 6.88. The Morgan fingerprint density at radius 1 is 1.25 bits per heavy atom. The van der Waals surface area contributed by atoms with Crippen LogP contribution in [0.25, 0.3) is 0 Å². The second-order valence-electron chi connectivity index (χ2n) is 6.77. The fourth-order valence-corrected chi connectivity index (χ4v) is 2.74. The van der Waals surface area contributed by atoms with Crippen molar-refractivity contribution in [3.8, 4) is 0 Å². The van der Waals surface area contributed by atoms with Crippen molar-refractivity contribution in [3.05, 3.63) is 0 Å². The molecule has 1 rings (SSSR count). The van der Waals surface area contributed by atoms with Crippen LogP contribution in [0.4, 0.5) is 0 Å². The van der Waals surface area contributed by atoms with Gasteiger partial charge in [-0.15, -0.1) is 0 Å². The van der Waals surface area contributed by atoms with Gasteiger partial charge in [-0.05, 0) is 26.4 Å². The summed E-state index contributed by atoms with van der Waals surface area (Å²) in [6.07, 6.45) is -0.863. The highest BCUT2D eigenvalue weighted by molar-refractivity contribution is 4.93. The molecule has 5 nitrogen and oxygen atoms in total. The Morgan fingerprint density at radius 3 is 2.30 bits per heavy atom. The van der Waals surface area contributed by atoms with Crippen LogP contribution in [0.3, 0.4) is 0 Å². The average Bonchev–Trinajstić information content (AvgIpc) is 2.35. The van der Waals surface area contributed by atoms with Gasteiger partial charge in [0.05, 0.1) is 24.4 Å². The van der Waals surface area contributed by atoms with Crippen molar-refractivity contribution in [2.45, 2.75) is 70.6 Å². The summed E-state index contributed by atoms with van der Waals surface area (Å²) < 4.78 is 5.97. The summed E-state index contributed by atoms with van der Waals surface area (Å²) in [5.41, 5.74) is 0. The van der Waals surface area contributed by atoms with Gasteiger partial charge in [0.1, 0.15) is 0 Å². The molecule has 3 N–H and O–H groups in total. The first-order valence-corrected chi connectivity index (χ1v) is 7.65. The smallest absolute Gasteiger partial charge is 0.0959 e. The predicted octanol–water partition coefficient (Wildman–Crippen LogP) is 0.450. The molecule has 0 aromatic carbocycles. The zero-order valence-electron chi connectivity index (χ0n) is 13.7. The third-order valence-corrected chi connectivity index (χ3v) is 4.02. The van der Waals surface area contributed by atoms with Gasteiger partial charge in [-0.1, -0.05) is 27.7 Å². The number of hydrogen-bond donors (Lipinski definition) is 3. The van der Waals surface area contributed by atoms with Crippen LogP contribution in [0, 0.1) is 5.92 Å². The van der Waals surface area contributed by atoms with E-state index < -0.39 is 12.2 Å². The van der Waals surface area contributed by atoms with E-state index in [2.05, 4.69) is 19.2 Å². The first kappa shape index (κ1) is 17.9. The third-order valence-electron chi connectivity index (χ3n) is 4.02. The molecule has 1 aliphatic heterocycles. The molecule has 3 unspecified atom stereocenters. The van der Waals surface area contributed by atoms with Crippen molar-refractivity contribution >= 4 is 0 Å². The summed E-state index contributed by atoms with van der Waals surface area (Å²) >= 11 is 0. The van der Waals surface area contributed by atoms with Crippen LogP contribution >= 0.6 is 0 Å². The fourth-order valence-electron chi connectivity index (χ4n) is 2.74.